The lowest BCUT2D eigenvalue weighted by Crippen LogP contribution is -2.44. The minimum atomic E-state index is -0.811. The van der Waals surface area contributed by atoms with Crippen LogP contribution in [0.5, 0.6) is 11.5 Å². The van der Waals surface area contributed by atoms with Gasteiger partial charge in [0.05, 0.1) is 23.6 Å². The van der Waals surface area contributed by atoms with Gasteiger partial charge in [0.1, 0.15) is 5.75 Å². The Bertz CT molecular complexity index is 1580. The predicted octanol–water partition coefficient (Wildman–Crippen LogP) is 5.03. The van der Waals surface area contributed by atoms with Crippen LogP contribution in [0.2, 0.25) is 5.02 Å². The number of aromatic nitrogens is 2. The van der Waals surface area contributed by atoms with Gasteiger partial charge < -0.3 is 15.4 Å². The molecule has 0 saturated carbocycles. The lowest BCUT2D eigenvalue weighted by atomic mass is 9.90. The van der Waals surface area contributed by atoms with Gasteiger partial charge >= 0.3 is 6.03 Å². The van der Waals surface area contributed by atoms with Crippen molar-refractivity contribution in [3.8, 4) is 17.2 Å². The standard InChI is InChI=1S/C28H21ClN4O4/c1-17(34)23-25(18-10-4-2-5-11-18)31-28(36)32-26(23)20-14-8-9-15-21(20)37-22-16-30-33(27(35)24(22)29)19-12-6-3-7-13-19/h2-16,26H,1H3,(H2,31,32,36)/t26-/m1/s1. The van der Waals surface area contributed by atoms with E-state index in [4.69, 9.17) is 16.3 Å². The van der Waals surface area contributed by atoms with Crippen LogP contribution >= 0.6 is 11.6 Å². The number of rotatable bonds is 6. The molecule has 1 atom stereocenters. The lowest BCUT2D eigenvalue weighted by molar-refractivity contribution is -0.113. The highest BCUT2D eigenvalue weighted by Gasteiger charge is 2.33. The molecule has 0 radical (unpaired) electrons. The monoisotopic (exact) mass is 512 g/mol. The molecule has 1 aliphatic rings. The Labute approximate surface area is 217 Å². The van der Waals surface area contributed by atoms with Crippen molar-refractivity contribution in [1.82, 2.24) is 20.4 Å². The number of Topliss-reactive ketones (excluding diaryl/α,β-unsaturated/α-hetero) is 1. The molecule has 2 amide bonds. The van der Waals surface area contributed by atoms with E-state index in [0.717, 1.165) is 0 Å². The quantitative estimate of drug-likeness (QED) is 0.377. The predicted molar refractivity (Wildman–Crippen MR) is 140 cm³/mol. The maximum atomic E-state index is 12.9. The zero-order valence-corrected chi connectivity index (χ0v) is 20.4. The van der Waals surface area contributed by atoms with Crippen molar-refractivity contribution in [1.29, 1.82) is 0 Å². The summed E-state index contributed by atoms with van der Waals surface area (Å²) in [6.45, 7) is 1.44. The first kappa shape index (κ1) is 24.0. The Morgan fingerprint density at radius 3 is 2.27 bits per heavy atom. The van der Waals surface area contributed by atoms with Gasteiger partial charge in [-0.3, -0.25) is 9.59 Å². The number of carbonyl (C=O) groups excluding carboxylic acids is 2. The third-order valence-corrected chi connectivity index (χ3v) is 6.20. The molecule has 1 aliphatic heterocycles. The second kappa shape index (κ2) is 10.1. The minimum absolute atomic E-state index is 0.0446. The SMILES string of the molecule is CC(=O)C1=C(c2ccccc2)NC(=O)N[C@@H]1c1ccccc1Oc1cnn(-c2ccccc2)c(=O)c1Cl. The summed E-state index contributed by atoms with van der Waals surface area (Å²) in [6.07, 6.45) is 1.35. The fraction of sp³-hybridized carbons (Fsp3) is 0.0714. The van der Waals surface area contributed by atoms with Crippen molar-refractivity contribution in [2.24, 2.45) is 0 Å². The van der Waals surface area contributed by atoms with E-state index >= 15 is 0 Å². The summed E-state index contributed by atoms with van der Waals surface area (Å²) in [5, 5.41) is 9.64. The van der Waals surface area contributed by atoms with Crippen molar-refractivity contribution in [3.05, 3.63) is 123 Å². The first-order chi connectivity index (χ1) is 17.9. The number of benzene rings is 3. The Hall–Kier alpha value is -4.69. The molecule has 0 aliphatic carbocycles. The van der Waals surface area contributed by atoms with Gasteiger partial charge in [-0.15, -0.1) is 0 Å². The molecule has 0 bridgehead atoms. The van der Waals surface area contributed by atoms with Crippen LogP contribution < -0.4 is 20.9 Å². The molecule has 9 heteroatoms. The van der Waals surface area contributed by atoms with Crippen molar-refractivity contribution in [3.63, 3.8) is 0 Å². The fourth-order valence-electron chi connectivity index (χ4n) is 4.18. The summed E-state index contributed by atoms with van der Waals surface area (Å²) in [6, 6.07) is 23.7. The molecule has 3 aromatic carbocycles. The Balaban J connectivity index is 1.57. The second-order valence-electron chi connectivity index (χ2n) is 8.26. The first-order valence-electron chi connectivity index (χ1n) is 11.4. The summed E-state index contributed by atoms with van der Waals surface area (Å²) < 4.78 is 7.23. The number of halogens is 1. The molecule has 0 saturated heterocycles. The van der Waals surface area contributed by atoms with Crippen LogP contribution in [0.3, 0.4) is 0 Å². The molecule has 8 nitrogen and oxygen atoms in total. The van der Waals surface area contributed by atoms with E-state index in [2.05, 4.69) is 15.7 Å². The molecule has 5 rings (SSSR count). The van der Waals surface area contributed by atoms with Crippen LogP contribution in [-0.4, -0.2) is 21.6 Å². The number of nitrogens with zero attached hydrogens (tertiary/aromatic N) is 2. The van der Waals surface area contributed by atoms with Crippen molar-refractivity contribution < 1.29 is 14.3 Å². The third-order valence-electron chi connectivity index (χ3n) is 5.85. The van der Waals surface area contributed by atoms with Crippen LogP contribution in [0.25, 0.3) is 11.4 Å². The van der Waals surface area contributed by atoms with Crippen molar-refractivity contribution in [2.45, 2.75) is 13.0 Å². The second-order valence-corrected chi connectivity index (χ2v) is 8.64. The van der Waals surface area contributed by atoms with Gasteiger partial charge in [0.15, 0.2) is 16.6 Å². The molecule has 0 unspecified atom stereocenters. The largest absolute Gasteiger partial charge is 0.453 e. The van der Waals surface area contributed by atoms with Crippen molar-refractivity contribution in [2.75, 3.05) is 0 Å². The van der Waals surface area contributed by atoms with E-state index in [0.29, 0.717) is 33.8 Å². The summed E-state index contributed by atoms with van der Waals surface area (Å²) in [7, 11) is 0. The van der Waals surface area contributed by atoms with Gasteiger partial charge in [0.2, 0.25) is 0 Å². The number of ether oxygens (including phenoxy) is 1. The highest BCUT2D eigenvalue weighted by molar-refractivity contribution is 6.31. The fourth-order valence-corrected chi connectivity index (χ4v) is 4.35. The third kappa shape index (κ3) is 4.74. The normalized spacial score (nSPS) is 15.1. The highest BCUT2D eigenvalue weighted by Crippen LogP contribution is 2.38. The molecule has 2 heterocycles. The molecule has 0 fully saturated rings. The molecule has 1 aromatic heterocycles. The number of ketones is 1. The molecule has 37 heavy (non-hydrogen) atoms. The lowest BCUT2D eigenvalue weighted by Gasteiger charge is -2.30. The topological polar surface area (TPSA) is 102 Å². The van der Waals surface area contributed by atoms with E-state index in [1.165, 1.54) is 17.8 Å². The highest BCUT2D eigenvalue weighted by atomic mass is 35.5. The number of carbonyl (C=O) groups is 2. The summed E-state index contributed by atoms with van der Waals surface area (Å²) in [5.74, 6) is 0.126. The van der Waals surface area contributed by atoms with E-state index in [9.17, 15) is 14.4 Å². The molecule has 0 spiro atoms. The van der Waals surface area contributed by atoms with Gasteiger partial charge in [-0.1, -0.05) is 78.3 Å². The molecule has 4 aromatic rings. The first-order valence-corrected chi connectivity index (χ1v) is 11.8. The van der Waals surface area contributed by atoms with E-state index < -0.39 is 17.6 Å². The van der Waals surface area contributed by atoms with Crippen molar-refractivity contribution >= 4 is 29.1 Å². The molecule has 2 N–H and O–H groups in total. The number of hydrogen-bond acceptors (Lipinski definition) is 5. The van der Waals surface area contributed by atoms with Gasteiger partial charge in [-0.2, -0.15) is 9.78 Å². The summed E-state index contributed by atoms with van der Waals surface area (Å²) >= 11 is 6.40. The van der Waals surface area contributed by atoms with Gasteiger partial charge in [0, 0.05) is 11.1 Å². The van der Waals surface area contributed by atoms with Crippen LogP contribution in [0.4, 0.5) is 4.79 Å². The van der Waals surface area contributed by atoms with Gasteiger partial charge in [-0.25, -0.2) is 4.79 Å². The molecular formula is C28H21ClN4O4. The zero-order chi connectivity index (χ0) is 25.9. The maximum absolute atomic E-state index is 12.9. The van der Waals surface area contributed by atoms with Gasteiger partial charge in [-0.05, 0) is 30.7 Å². The average Bonchev–Trinajstić information content (AvgIpc) is 2.92. The maximum Gasteiger partial charge on any atom is 0.320 e. The van der Waals surface area contributed by atoms with Gasteiger partial charge in [0.25, 0.3) is 5.56 Å². The van der Waals surface area contributed by atoms with Crippen LogP contribution in [0.1, 0.15) is 24.1 Å². The molecule has 184 valence electrons. The van der Waals surface area contributed by atoms with Crippen LogP contribution in [0, 0.1) is 0 Å². The van der Waals surface area contributed by atoms with E-state index in [1.54, 1.807) is 48.5 Å². The Morgan fingerprint density at radius 1 is 0.919 bits per heavy atom. The molecular weight excluding hydrogens is 492 g/mol. The smallest absolute Gasteiger partial charge is 0.320 e. The van der Waals surface area contributed by atoms with E-state index in [1.807, 2.05) is 36.4 Å². The minimum Gasteiger partial charge on any atom is -0.453 e. The van der Waals surface area contributed by atoms with E-state index in [-0.39, 0.29) is 16.6 Å². The number of urea groups is 1. The number of nitrogens with one attached hydrogen (secondary N) is 2. The Morgan fingerprint density at radius 2 is 1.57 bits per heavy atom. The van der Waals surface area contributed by atoms with Crippen LogP contribution in [0.15, 0.2) is 101 Å². The number of amides is 2. The number of para-hydroxylation sites is 2. The Kier molecular flexibility index (Phi) is 6.57. The number of hydrogen-bond donors (Lipinski definition) is 2. The summed E-state index contributed by atoms with van der Waals surface area (Å²) in [5.41, 5.74) is 2.01. The van der Waals surface area contributed by atoms with Crippen LogP contribution in [-0.2, 0) is 4.79 Å². The summed E-state index contributed by atoms with van der Waals surface area (Å²) in [4.78, 5) is 38.4. The zero-order valence-electron chi connectivity index (χ0n) is 19.6. The average molecular weight is 513 g/mol.